The minimum Gasteiger partial charge on any atom is -0.0620 e. The fourth-order valence-corrected chi connectivity index (χ4v) is 11.0. The monoisotopic (exact) mass is 700 g/mol. The highest BCUT2D eigenvalue weighted by atomic mass is 14.4. The molecule has 0 saturated carbocycles. The molecule has 3 aliphatic carbocycles. The lowest BCUT2D eigenvalue weighted by atomic mass is 9.72. The molecule has 0 aromatic heterocycles. The molecule has 12 rings (SSSR count). The second-order valence-electron chi connectivity index (χ2n) is 16.3. The molecule has 260 valence electrons. The minimum absolute atomic E-state index is 0.297. The molecule has 3 atom stereocenters. The van der Waals surface area contributed by atoms with Gasteiger partial charge in [0.1, 0.15) is 0 Å². The van der Waals surface area contributed by atoms with E-state index in [9.17, 15) is 0 Å². The Labute approximate surface area is 322 Å². The van der Waals surface area contributed by atoms with E-state index in [1.54, 1.807) is 0 Å². The molecule has 3 unspecified atom stereocenters. The molecule has 0 spiro atoms. The van der Waals surface area contributed by atoms with Crippen LogP contribution in [0.3, 0.4) is 0 Å². The molecule has 0 aliphatic heterocycles. The highest BCUT2D eigenvalue weighted by molar-refractivity contribution is 6.25. The number of hydrogen-bond acceptors (Lipinski definition) is 0. The van der Waals surface area contributed by atoms with Gasteiger partial charge in [-0.05, 0) is 160 Å². The summed E-state index contributed by atoms with van der Waals surface area (Å²) in [6, 6.07) is 65.1. The van der Waals surface area contributed by atoms with Crippen LogP contribution in [0.25, 0.3) is 76.8 Å². The summed E-state index contributed by atoms with van der Waals surface area (Å²) < 4.78 is 0. The molecule has 9 aromatic rings. The number of rotatable bonds is 2. The van der Waals surface area contributed by atoms with E-state index in [1.807, 2.05) is 0 Å². The van der Waals surface area contributed by atoms with E-state index >= 15 is 0 Å². The summed E-state index contributed by atoms with van der Waals surface area (Å²) in [7, 11) is 0. The summed E-state index contributed by atoms with van der Waals surface area (Å²) in [6.45, 7) is 2.44. The molecule has 0 N–H and O–H groups in total. The first-order valence-corrected chi connectivity index (χ1v) is 20.1. The molecule has 9 aromatic carbocycles. The van der Waals surface area contributed by atoms with Gasteiger partial charge in [0.05, 0.1) is 0 Å². The van der Waals surface area contributed by atoms with Crippen LogP contribution < -0.4 is 0 Å². The molecule has 0 heteroatoms. The van der Waals surface area contributed by atoms with Crippen molar-refractivity contribution in [1.82, 2.24) is 0 Å². The van der Waals surface area contributed by atoms with Gasteiger partial charge in [-0.25, -0.2) is 0 Å². The summed E-state index contributed by atoms with van der Waals surface area (Å²) in [5.74, 6) is 1.22. The first kappa shape index (κ1) is 31.1. The maximum atomic E-state index is 2.51. The van der Waals surface area contributed by atoms with Crippen LogP contribution in [0.5, 0.6) is 0 Å². The van der Waals surface area contributed by atoms with Gasteiger partial charge in [0.25, 0.3) is 0 Å². The van der Waals surface area contributed by atoms with Crippen LogP contribution in [0, 0.1) is 0 Å². The van der Waals surface area contributed by atoms with E-state index < -0.39 is 0 Å². The lowest BCUT2D eigenvalue weighted by Crippen LogP contribution is -2.15. The zero-order chi connectivity index (χ0) is 36.2. The van der Waals surface area contributed by atoms with E-state index in [-0.39, 0.29) is 0 Å². The van der Waals surface area contributed by atoms with Crippen LogP contribution in [-0.2, 0) is 12.8 Å². The Morgan fingerprint density at radius 3 is 1.71 bits per heavy atom. The Morgan fingerprint density at radius 2 is 0.964 bits per heavy atom. The van der Waals surface area contributed by atoms with Crippen LogP contribution in [0.4, 0.5) is 0 Å². The van der Waals surface area contributed by atoms with E-state index in [2.05, 4.69) is 177 Å². The van der Waals surface area contributed by atoms with Crippen molar-refractivity contribution >= 4 is 32.3 Å². The van der Waals surface area contributed by atoms with Crippen LogP contribution >= 0.6 is 0 Å². The van der Waals surface area contributed by atoms with Crippen molar-refractivity contribution in [3.8, 4) is 44.5 Å². The highest BCUT2D eigenvalue weighted by Crippen LogP contribution is 2.53. The van der Waals surface area contributed by atoms with Gasteiger partial charge >= 0.3 is 0 Å². The van der Waals surface area contributed by atoms with E-state index in [1.165, 1.54) is 110 Å². The fraction of sp³-hybridized carbons (Fsp3) is 0.127. The van der Waals surface area contributed by atoms with Crippen molar-refractivity contribution in [1.29, 1.82) is 0 Å². The summed E-state index contributed by atoms with van der Waals surface area (Å²) in [4.78, 5) is 0. The van der Waals surface area contributed by atoms with Gasteiger partial charge in [0, 0.05) is 5.92 Å². The summed E-state index contributed by atoms with van der Waals surface area (Å²) >= 11 is 0. The lowest BCUT2D eigenvalue weighted by Gasteiger charge is -2.31. The van der Waals surface area contributed by atoms with Gasteiger partial charge in [-0.15, -0.1) is 0 Å². The van der Waals surface area contributed by atoms with Gasteiger partial charge in [-0.2, -0.15) is 0 Å². The largest absolute Gasteiger partial charge is 0.0620 e. The third-order valence-electron chi connectivity index (χ3n) is 13.6. The van der Waals surface area contributed by atoms with Crippen molar-refractivity contribution in [3.05, 3.63) is 203 Å². The van der Waals surface area contributed by atoms with E-state index in [4.69, 9.17) is 0 Å². The Hall–Kier alpha value is -6.24. The van der Waals surface area contributed by atoms with Crippen molar-refractivity contribution in [2.75, 3.05) is 0 Å². The SMILES string of the molecule is CC1c2ccccc2-c2cccc3c2CC1c1ccc(-c2ccc4c(c2)-c2ccccc2CCC4c2ccc4c5ccccc5c5ccccc5c4c2)cc1-3. The number of hydrogen-bond donors (Lipinski definition) is 0. The Morgan fingerprint density at radius 1 is 0.400 bits per heavy atom. The van der Waals surface area contributed by atoms with Gasteiger partial charge < -0.3 is 0 Å². The van der Waals surface area contributed by atoms with Crippen molar-refractivity contribution < 1.29 is 0 Å². The second kappa shape index (κ2) is 11.9. The zero-order valence-electron chi connectivity index (χ0n) is 31.0. The number of aryl methyl sites for hydroxylation is 1. The highest BCUT2D eigenvalue weighted by Gasteiger charge is 2.35. The third-order valence-corrected chi connectivity index (χ3v) is 13.6. The first-order valence-electron chi connectivity index (χ1n) is 20.1. The smallest absolute Gasteiger partial charge is 0.00988 e. The number of fused-ring (bicyclic) bond motifs is 15. The Balaban J connectivity index is 1.02. The fourth-order valence-electron chi connectivity index (χ4n) is 11.0. The molecular formula is C55H40. The second-order valence-corrected chi connectivity index (χ2v) is 16.3. The molecule has 0 saturated heterocycles. The summed E-state index contributed by atoms with van der Waals surface area (Å²) in [5.41, 5.74) is 19.8. The van der Waals surface area contributed by atoms with Crippen molar-refractivity contribution in [2.24, 2.45) is 0 Å². The molecule has 55 heavy (non-hydrogen) atoms. The predicted molar refractivity (Wildman–Crippen MR) is 232 cm³/mol. The maximum Gasteiger partial charge on any atom is 0.00988 e. The summed E-state index contributed by atoms with van der Waals surface area (Å²) in [6.07, 6.45) is 3.24. The average Bonchev–Trinajstić information content (AvgIpc) is 3.49. The normalized spacial score (nSPS) is 17.9. The third kappa shape index (κ3) is 4.58. The van der Waals surface area contributed by atoms with Crippen LogP contribution in [0.2, 0.25) is 0 Å². The van der Waals surface area contributed by atoms with Crippen molar-refractivity contribution in [2.45, 2.75) is 43.9 Å². The molecule has 3 aliphatic rings. The Bertz CT molecular complexity index is 3010. The van der Waals surface area contributed by atoms with Gasteiger partial charge in [0.15, 0.2) is 0 Å². The molecule has 0 amide bonds. The van der Waals surface area contributed by atoms with Crippen LogP contribution in [-0.4, -0.2) is 0 Å². The quantitative estimate of drug-likeness (QED) is 0.158. The lowest BCUT2D eigenvalue weighted by molar-refractivity contribution is 0.575. The zero-order valence-corrected chi connectivity index (χ0v) is 31.0. The van der Waals surface area contributed by atoms with Crippen LogP contribution in [0.15, 0.2) is 170 Å². The van der Waals surface area contributed by atoms with Gasteiger partial charge in [0.2, 0.25) is 0 Å². The van der Waals surface area contributed by atoms with Gasteiger partial charge in [-0.1, -0.05) is 159 Å². The molecule has 0 nitrogen and oxygen atoms in total. The molecule has 0 heterocycles. The van der Waals surface area contributed by atoms with E-state index in [0.717, 1.165) is 19.3 Å². The predicted octanol–water partition coefficient (Wildman–Crippen LogP) is 14.6. The Kier molecular flexibility index (Phi) is 6.73. The molecular weight excluding hydrogens is 661 g/mol. The maximum absolute atomic E-state index is 2.51. The molecule has 2 bridgehead atoms. The topological polar surface area (TPSA) is 0 Å². The summed E-state index contributed by atoms with van der Waals surface area (Å²) in [5, 5.41) is 8.01. The average molecular weight is 701 g/mol. The molecule has 0 radical (unpaired) electrons. The van der Waals surface area contributed by atoms with Gasteiger partial charge in [-0.3, -0.25) is 0 Å². The van der Waals surface area contributed by atoms with Crippen molar-refractivity contribution in [3.63, 3.8) is 0 Å². The minimum atomic E-state index is 0.297. The molecule has 0 fully saturated rings. The van der Waals surface area contributed by atoms with E-state index in [0.29, 0.717) is 17.8 Å². The van der Waals surface area contributed by atoms with Crippen LogP contribution in [0.1, 0.15) is 64.5 Å². The number of benzene rings is 9. The first-order chi connectivity index (χ1) is 27.2. The standard InChI is InChI=1S/C55H40/c1-33-38-12-4-5-14-41(38)46-19-10-20-47-53-30-36(23-27-50(53)51(33)32-55(46)47)35-22-26-48-40(25-21-34-11-2-3-13-39(34)52(48)29-35)37-24-28-49-44-17-7-6-15-42(44)43-16-8-9-18-45(43)54(49)31-37/h2-20,22-24,26-31,33,40,51H,21,25,32H2,1H3.